The van der Waals surface area contributed by atoms with E-state index in [0.717, 1.165) is 5.56 Å². The lowest BCUT2D eigenvalue weighted by Gasteiger charge is -2.30. The van der Waals surface area contributed by atoms with E-state index in [1.54, 1.807) is 12.1 Å². The minimum Gasteiger partial charge on any atom is -0.496 e. The first kappa shape index (κ1) is 16.0. The number of likely N-dealkylation sites (tertiary alicyclic amines) is 1. The van der Waals surface area contributed by atoms with Crippen molar-refractivity contribution in [2.24, 2.45) is 5.92 Å². The first-order valence-corrected chi connectivity index (χ1v) is 7.02. The third kappa shape index (κ3) is 3.10. The average Bonchev–Trinajstić information content (AvgIpc) is 2.53. The molecule has 2 rings (SSSR count). The van der Waals surface area contributed by atoms with Gasteiger partial charge in [0, 0.05) is 19.5 Å². The number of ether oxygens (including phenoxy) is 2. The third-order valence-corrected chi connectivity index (χ3v) is 3.78. The van der Waals surface area contributed by atoms with Gasteiger partial charge in [0.05, 0.1) is 19.8 Å². The Morgan fingerprint density at radius 2 is 2.00 bits per heavy atom. The zero-order valence-electron chi connectivity index (χ0n) is 12.9. The normalized spacial score (nSPS) is 18.0. The molecule has 0 radical (unpaired) electrons. The Balaban J connectivity index is 2.24. The van der Waals surface area contributed by atoms with Gasteiger partial charge in [0.25, 0.3) is 5.91 Å². The smallest absolute Gasteiger partial charge is 0.318 e. The van der Waals surface area contributed by atoms with Crippen LogP contribution in [-0.4, -0.2) is 49.9 Å². The van der Waals surface area contributed by atoms with Crippen LogP contribution in [-0.2, 0) is 14.3 Å². The Kier molecular flexibility index (Phi) is 4.80. The van der Waals surface area contributed by atoms with Crippen molar-refractivity contribution in [2.75, 3.05) is 27.3 Å². The number of nitrogens with zero attached hydrogens (tertiary/aromatic N) is 1. The number of piperidine rings is 1. The second-order valence-corrected chi connectivity index (χ2v) is 5.25. The van der Waals surface area contributed by atoms with Gasteiger partial charge >= 0.3 is 5.97 Å². The van der Waals surface area contributed by atoms with Crippen molar-refractivity contribution < 1.29 is 23.9 Å². The molecule has 1 heterocycles. The van der Waals surface area contributed by atoms with Gasteiger partial charge in [0.2, 0.25) is 0 Å². The van der Waals surface area contributed by atoms with Crippen LogP contribution in [0, 0.1) is 12.8 Å². The molecule has 6 nitrogen and oxygen atoms in total. The highest BCUT2D eigenvalue weighted by Crippen LogP contribution is 2.24. The molecule has 1 fully saturated rings. The number of methoxy groups -OCH3 is 2. The van der Waals surface area contributed by atoms with Gasteiger partial charge in [0.15, 0.2) is 5.78 Å². The lowest BCUT2D eigenvalue weighted by atomic mass is 9.95. The molecule has 1 amide bonds. The summed E-state index contributed by atoms with van der Waals surface area (Å²) in [7, 11) is 2.73. The average molecular weight is 305 g/mol. The predicted molar refractivity (Wildman–Crippen MR) is 78.8 cm³/mol. The molecule has 1 unspecified atom stereocenters. The molecule has 0 bridgehead atoms. The van der Waals surface area contributed by atoms with E-state index in [-0.39, 0.29) is 24.7 Å². The summed E-state index contributed by atoms with van der Waals surface area (Å²) in [4.78, 5) is 37.6. The lowest BCUT2D eigenvalue weighted by Crippen LogP contribution is -2.47. The summed E-state index contributed by atoms with van der Waals surface area (Å²) < 4.78 is 9.86. The largest absolute Gasteiger partial charge is 0.496 e. The summed E-state index contributed by atoms with van der Waals surface area (Å²) in [6.45, 7) is 2.22. The number of hydrogen-bond donors (Lipinski definition) is 0. The van der Waals surface area contributed by atoms with Crippen LogP contribution >= 0.6 is 0 Å². The third-order valence-electron chi connectivity index (χ3n) is 3.78. The van der Waals surface area contributed by atoms with Crippen molar-refractivity contribution in [1.29, 1.82) is 0 Å². The van der Waals surface area contributed by atoms with Crippen LogP contribution < -0.4 is 4.74 Å². The van der Waals surface area contributed by atoms with Gasteiger partial charge in [-0.3, -0.25) is 14.4 Å². The van der Waals surface area contributed by atoms with E-state index in [9.17, 15) is 14.4 Å². The lowest BCUT2D eigenvalue weighted by molar-refractivity contribution is -0.151. The van der Waals surface area contributed by atoms with E-state index >= 15 is 0 Å². The second kappa shape index (κ2) is 6.60. The molecule has 0 N–H and O–H groups in total. The van der Waals surface area contributed by atoms with E-state index in [1.807, 2.05) is 13.0 Å². The van der Waals surface area contributed by atoms with Gasteiger partial charge in [-0.25, -0.2) is 0 Å². The Labute approximate surface area is 129 Å². The maximum atomic E-state index is 12.7. The van der Waals surface area contributed by atoms with Gasteiger partial charge < -0.3 is 14.4 Å². The van der Waals surface area contributed by atoms with Crippen LogP contribution in [0.5, 0.6) is 5.75 Å². The summed E-state index contributed by atoms with van der Waals surface area (Å²) in [5.41, 5.74) is 1.36. The van der Waals surface area contributed by atoms with Crippen molar-refractivity contribution in [2.45, 2.75) is 13.3 Å². The molecule has 1 saturated heterocycles. The molecule has 1 aromatic rings. The number of rotatable bonds is 3. The highest BCUT2D eigenvalue weighted by molar-refractivity contribution is 6.03. The maximum absolute atomic E-state index is 12.7. The molecule has 1 aromatic carbocycles. The van der Waals surface area contributed by atoms with Crippen molar-refractivity contribution in [3.8, 4) is 5.75 Å². The number of amides is 1. The molecule has 1 aliphatic heterocycles. The van der Waals surface area contributed by atoms with Gasteiger partial charge in [-0.15, -0.1) is 0 Å². The fourth-order valence-corrected chi connectivity index (χ4v) is 2.52. The fraction of sp³-hybridized carbons (Fsp3) is 0.438. The first-order chi connectivity index (χ1) is 10.5. The maximum Gasteiger partial charge on any atom is 0.318 e. The molecule has 1 atom stereocenters. The summed E-state index contributed by atoms with van der Waals surface area (Å²) in [5, 5.41) is 0. The molecule has 0 aliphatic carbocycles. The molecular formula is C16H19NO5. The molecule has 6 heteroatoms. The topological polar surface area (TPSA) is 72.9 Å². The second-order valence-electron chi connectivity index (χ2n) is 5.25. The number of esters is 1. The van der Waals surface area contributed by atoms with Gasteiger partial charge in [0.1, 0.15) is 11.7 Å². The van der Waals surface area contributed by atoms with Crippen molar-refractivity contribution in [3.05, 3.63) is 29.3 Å². The number of Topliss-reactive ketones (excluding diaryl/α,β-unsaturated/α-hetero) is 1. The van der Waals surface area contributed by atoms with E-state index in [2.05, 4.69) is 4.74 Å². The predicted octanol–water partition coefficient (Wildman–Crippen LogP) is 1.21. The standard InChI is InChI=1S/C16H19NO5/c1-10-4-5-14(21-2)11(8-10)15(19)17-7-6-13(18)12(9-17)16(20)22-3/h4-5,8,12H,6-7,9H2,1-3H3. The first-order valence-electron chi connectivity index (χ1n) is 7.02. The van der Waals surface area contributed by atoms with Crippen LogP contribution in [0.3, 0.4) is 0 Å². The summed E-state index contributed by atoms with van der Waals surface area (Å²) in [5.74, 6) is -1.46. The summed E-state index contributed by atoms with van der Waals surface area (Å²) in [6.07, 6.45) is 0.152. The zero-order chi connectivity index (χ0) is 16.3. The zero-order valence-corrected chi connectivity index (χ0v) is 12.9. The number of benzene rings is 1. The minimum atomic E-state index is -0.904. The molecule has 0 spiro atoms. The van der Waals surface area contributed by atoms with E-state index in [1.165, 1.54) is 19.1 Å². The Morgan fingerprint density at radius 3 is 2.64 bits per heavy atom. The number of hydrogen-bond acceptors (Lipinski definition) is 5. The highest BCUT2D eigenvalue weighted by Gasteiger charge is 2.36. The number of carbonyl (C=O) groups is 3. The Morgan fingerprint density at radius 1 is 1.27 bits per heavy atom. The fourth-order valence-electron chi connectivity index (χ4n) is 2.52. The van der Waals surface area contributed by atoms with Crippen LogP contribution in [0.2, 0.25) is 0 Å². The molecule has 1 aliphatic rings. The number of ketones is 1. The van der Waals surface area contributed by atoms with Gasteiger partial charge in [-0.05, 0) is 19.1 Å². The molecule has 118 valence electrons. The summed E-state index contributed by atoms with van der Waals surface area (Å²) >= 11 is 0. The highest BCUT2D eigenvalue weighted by atomic mass is 16.5. The van der Waals surface area contributed by atoms with Crippen molar-refractivity contribution >= 4 is 17.7 Å². The molecular weight excluding hydrogens is 286 g/mol. The quantitative estimate of drug-likeness (QED) is 0.620. The number of aryl methyl sites for hydroxylation is 1. The van der Waals surface area contributed by atoms with Crippen LogP contribution in [0.15, 0.2) is 18.2 Å². The molecule has 0 saturated carbocycles. The van der Waals surface area contributed by atoms with Gasteiger partial charge in [-0.1, -0.05) is 11.6 Å². The van der Waals surface area contributed by atoms with Crippen molar-refractivity contribution in [1.82, 2.24) is 4.90 Å². The minimum absolute atomic E-state index is 0.0431. The Hall–Kier alpha value is -2.37. The van der Waals surface area contributed by atoms with Gasteiger partial charge in [-0.2, -0.15) is 0 Å². The van der Waals surface area contributed by atoms with Crippen molar-refractivity contribution in [3.63, 3.8) is 0 Å². The Bertz CT molecular complexity index is 603. The van der Waals surface area contributed by atoms with Crippen LogP contribution in [0.1, 0.15) is 22.3 Å². The number of carbonyl (C=O) groups excluding carboxylic acids is 3. The van der Waals surface area contributed by atoms with E-state index < -0.39 is 11.9 Å². The van der Waals surface area contributed by atoms with E-state index in [4.69, 9.17) is 4.74 Å². The monoisotopic (exact) mass is 305 g/mol. The molecule has 0 aromatic heterocycles. The SMILES string of the molecule is COC(=O)C1CN(C(=O)c2cc(C)ccc2OC)CCC1=O. The summed E-state index contributed by atoms with van der Waals surface area (Å²) in [6, 6.07) is 5.33. The van der Waals surface area contributed by atoms with Crippen LogP contribution in [0.4, 0.5) is 0 Å². The van der Waals surface area contributed by atoms with E-state index in [0.29, 0.717) is 17.9 Å². The molecule has 22 heavy (non-hydrogen) atoms. The van der Waals surface area contributed by atoms with Crippen LogP contribution in [0.25, 0.3) is 0 Å².